The van der Waals surface area contributed by atoms with E-state index in [1.807, 2.05) is 30.3 Å². The molecule has 0 aliphatic heterocycles. The topological polar surface area (TPSA) is 86.8 Å². The van der Waals surface area contributed by atoms with Gasteiger partial charge in [-0.05, 0) is 62.4 Å². The number of halogens is 1. The van der Waals surface area contributed by atoms with Gasteiger partial charge in [-0.3, -0.25) is 13.9 Å². The second-order valence-corrected chi connectivity index (χ2v) is 12.1. The molecule has 1 saturated carbocycles. The fraction of sp³-hybridized carbons (Fsp3) is 0.500. The average Bonchev–Trinajstić information content (AvgIpc) is 2.88. The SMILES string of the molecule is C[C@H](C(=O)NC1CCCCC1)N(CCc1ccccc1)C(=O)CCCN(c1ccc(Cl)cc1)S(C)(=O)=O. The number of hydrogen-bond acceptors (Lipinski definition) is 4. The first-order valence-electron chi connectivity index (χ1n) is 13.0. The molecule has 1 atom stereocenters. The highest BCUT2D eigenvalue weighted by molar-refractivity contribution is 7.92. The quantitative estimate of drug-likeness (QED) is 0.414. The molecular weight excluding hydrogens is 510 g/mol. The smallest absolute Gasteiger partial charge is 0.242 e. The van der Waals surface area contributed by atoms with Gasteiger partial charge in [-0.25, -0.2) is 8.42 Å². The molecule has 1 aliphatic carbocycles. The van der Waals surface area contributed by atoms with Crippen LogP contribution in [0.25, 0.3) is 0 Å². The van der Waals surface area contributed by atoms with Crippen molar-refractivity contribution in [3.8, 4) is 0 Å². The number of amides is 2. The second kappa shape index (κ2) is 13.8. The predicted octanol–water partition coefficient (Wildman–Crippen LogP) is 4.79. The molecule has 2 amide bonds. The lowest BCUT2D eigenvalue weighted by atomic mass is 9.95. The molecule has 0 spiro atoms. The molecule has 0 bridgehead atoms. The van der Waals surface area contributed by atoms with Crippen molar-refractivity contribution in [1.82, 2.24) is 10.2 Å². The number of carbonyl (C=O) groups is 2. The average molecular weight is 548 g/mol. The summed E-state index contributed by atoms with van der Waals surface area (Å²) in [7, 11) is -3.54. The monoisotopic (exact) mass is 547 g/mol. The minimum Gasteiger partial charge on any atom is -0.352 e. The Bertz CT molecular complexity index is 1120. The Kier molecular flexibility index (Phi) is 10.8. The lowest BCUT2D eigenvalue weighted by Crippen LogP contribution is -2.51. The number of carbonyl (C=O) groups excluding carboxylic acids is 2. The number of nitrogens with one attached hydrogen (secondary N) is 1. The number of hydrogen-bond donors (Lipinski definition) is 1. The Labute approximate surface area is 226 Å². The minimum absolute atomic E-state index is 0.132. The van der Waals surface area contributed by atoms with Crippen molar-refractivity contribution in [2.75, 3.05) is 23.7 Å². The van der Waals surface area contributed by atoms with Gasteiger partial charge in [0.2, 0.25) is 21.8 Å². The van der Waals surface area contributed by atoms with Crippen molar-refractivity contribution < 1.29 is 18.0 Å². The summed E-state index contributed by atoms with van der Waals surface area (Å²) in [5.74, 6) is -0.293. The third-order valence-corrected chi connectivity index (χ3v) is 8.32. The summed E-state index contributed by atoms with van der Waals surface area (Å²) in [6, 6.07) is 16.0. The number of anilines is 1. The van der Waals surface area contributed by atoms with Crippen molar-refractivity contribution in [2.45, 2.75) is 70.4 Å². The fourth-order valence-electron chi connectivity index (χ4n) is 4.75. The fourth-order valence-corrected chi connectivity index (χ4v) is 5.84. The molecule has 2 aromatic rings. The van der Waals surface area contributed by atoms with Crippen molar-refractivity contribution >= 4 is 39.1 Å². The molecule has 202 valence electrons. The highest BCUT2D eigenvalue weighted by atomic mass is 35.5. The highest BCUT2D eigenvalue weighted by Crippen LogP contribution is 2.22. The molecule has 0 unspecified atom stereocenters. The Balaban J connectivity index is 1.66. The molecule has 0 heterocycles. The zero-order valence-electron chi connectivity index (χ0n) is 21.7. The van der Waals surface area contributed by atoms with E-state index in [2.05, 4.69) is 5.32 Å². The van der Waals surface area contributed by atoms with Gasteiger partial charge in [-0.15, -0.1) is 0 Å². The molecular formula is C28H38ClN3O4S. The molecule has 2 aromatic carbocycles. The molecule has 1 aliphatic rings. The molecule has 37 heavy (non-hydrogen) atoms. The molecule has 0 radical (unpaired) electrons. The second-order valence-electron chi connectivity index (χ2n) is 9.76. The summed E-state index contributed by atoms with van der Waals surface area (Å²) in [6.07, 6.45) is 7.61. The summed E-state index contributed by atoms with van der Waals surface area (Å²) in [5, 5.41) is 3.66. The van der Waals surface area contributed by atoms with E-state index in [4.69, 9.17) is 11.6 Å². The van der Waals surface area contributed by atoms with E-state index in [0.29, 0.717) is 30.1 Å². The van der Waals surface area contributed by atoms with Crippen molar-refractivity contribution in [3.63, 3.8) is 0 Å². The molecule has 0 saturated heterocycles. The third-order valence-electron chi connectivity index (χ3n) is 6.87. The maximum Gasteiger partial charge on any atom is 0.242 e. The Hall–Kier alpha value is -2.58. The van der Waals surface area contributed by atoms with Crippen LogP contribution in [0.2, 0.25) is 5.02 Å². The van der Waals surface area contributed by atoms with Crippen LogP contribution in [-0.4, -0.2) is 56.6 Å². The summed E-state index contributed by atoms with van der Waals surface area (Å²) in [6.45, 7) is 2.34. The van der Waals surface area contributed by atoms with Crippen molar-refractivity contribution in [2.24, 2.45) is 0 Å². The minimum atomic E-state index is -3.54. The van der Waals surface area contributed by atoms with E-state index >= 15 is 0 Å². The van der Waals surface area contributed by atoms with Gasteiger partial charge in [0.25, 0.3) is 0 Å². The van der Waals surface area contributed by atoms with Crippen LogP contribution in [0.3, 0.4) is 0 Å². The Morgan fingerprint density at radius 2 is 1.65 bits per heavy atom. The van der Waals surface area contributed by atoms with Crippen molar-refractivity contribution in [3.05, 3.63) is 65.2 Å². The van der Waals surface area contributed by atoms with Gasteiger partial charge >= 0.3 is 0 Å². The van der Waals surface area contributed by atoms with Crippen LogP contribution in [0.15, 0.2) is 54.6 Å². The van der Waals surface area contributed by atoms with Crippen LogP contribution < -0.4 is 9.62 Å². The highest BCUT2D eigenvalue weighted by Gasteiger charge is 2.28. The van der Waals surface area contributed by atoms with Gasteiger partial charge in [-0.2, -0.15) is 0 Å². The first-order chi connectivity index (χ1) is 17.6. The third kappa shape index (κ3) is 9.04. The Morgan fingerprint density at radius 1 is 1.00 bits per heavy atom. The van der Waals surface area contributed by atoms with Crippen LogP contribution >= 0.6 is 11.6 Å². The Morgan fingerprint density at radius 3 is 2.27 bits per heavy atom. The van der Waals surface area contributed by atoms with Gasteiger partial charge in [0.15, 0.2) is 0 Å². The van der Waals surface area contributed by atoms with Crippen LogP contribution in [0.4, 0.5) is 5.69 Å². The first kappa shape index (κ1) is 29.0. The van der Waals surface area contributed by atoms with E-state index in [0.717, 1.165) is 37.5 Å². The maximum absolute atomic E-state index is 13.4. The first-order valence-corrected chi connectivity index (χ1v) is 15.2. The van der Waals surface area contributed by atoms with Gasteiger partial charge < -0.3 is 10.2 Å². The van der Waals surface area contributed by atoms with Crippen LogP contribution in [0.1, 0.15) is 57.4 Å². The zero-order chi connectivity index (χ0) is 26.8. The van der Waals surface area contributed by atoms with Crippen molar-refractivity contribution in [1.29, 1.82) is 0 Å². The standard InChI is InChI=1S/C28H38ClN3O4S/c1-22(28(34)30-25-12-7-4-8-13-25)31(21-19-23-10-5-3-6-11-23)27(33)14-9-20-32(37(2,35)36)26-17-15-24(29)16-18-26/h3,5-6,10-11,15-18,22,25H,4,7-9,12-14,19-21H2,1-2H3,(H,30,34)/t22-/m1/s1. The van der Waals surface area contributed by atoms with Gasteiger partial charge in [0.05, 0.1) is 11.9 Å². The van der Waals surface area contributed by atoms with Gasteiger partial charge in [0, 0.05) is 30.6 Å². The van der Waals surface area contributed by atoms with E-state index in [9.17, 15) is 18.0 Å². The normalized spacial score (nSPS) is 15.1. The van der Waals surface area contributed by atoms with E-state index in [-0.39, 0.29) is 30.8 Å². The number of nitrogens with zero attached hydrogens (tertiary/aromatic N) is 2. The van der Waals surface area contributed by atoms with Crippen LogP contribution in [0.5, 0.6) is 0 Å². The van der Waals surface area contributed by atoms with E-state index < -0.39 is 16.1 Å². The number of rotatable bonds is 12. The van der Waals surface area contributed by atoms with Crippen LogP contribution in [0, 0.1) is 0 Å². The summed E-state index contributed by atoms with van der Waals surface area (Å²) >= 11 is 5.95. The number of benzene rings is 2. The van der Waals surface area contributed by atoms with Gasteiger partial charge in [-0.1, -0.05) is 61.2 Å². The summed E-state index contributed by atoms with van der Waals surface area (Å²) in [5.41, 5.74) is 1.59. The summed E-state index contributed by atoms with van der Waals surface area (Å²) in [4.78, 5) is 28.1. The molecule has 3 rings (SSSR count). The summed E-state index contributed by atoms with van der Waals surface area (Å²) < 4.78 is 26.1. The van der Waals surface area contributed by atoms with Gasteiger partial charge in [0.1, 0.15) is 6.04 Å². The molecule has 7 nitrogen and oxygen atoms in total. The largest absolute Gasteiger partial charge is 0.352 e. The maximum atomic E-state index is 13.4. The molecule has 9 heteroatoms. The lowest BCUT2D eigenvalue weighted by Gasteiger charge is -2.31. The number of sulfonamides is 1. The zero-order valence-corrected chi connectivity index (χ0v) is 23.3. The lowest BCUT2D eigenvalue weighted by molar-refractivity contribution is -0.140. The molecule has 1 fully saturated rings. The predicted molar refractivity (Wildman–Crippen MR) is 149 cm³/mol. The van der Waals surface area contributed by atoms with E-state index in [1.165, 1.54) is 10.7 Å². The van der Waals surface area contributed by atoms with E-state index in [1.54, 1.807) is 36.1 Å². The molecule has 0 aromatic heterocycles. The molecule has 1 N–H and O–H groups in total. The van der Waals surface area contributed by atoms with Crippen LogP contribution in [-0.2, 0) is 26.0 Å².